The Balaban J connectivity index is 2.07. The molecule has 5 heteroatoms. The van der Waals surface area contributed by atoms with Gasteiger partial charge in [0.25, 0.3) is 5.79 Å². The first-order valence-electron chi connectivity index (χ1n) is 6.06. The summed E-state index contributed by atoms with van der Waals surface area (Å²) in [5.74, 6) is -3.43. The van der Waals surface area contributed by atoms with Gasteiger partial charge in [0.1, 0.15) is 11.6 Å². The van der Waals surface area contributed by atoms with E-state index in [1.54, 1.807) is 12.1 Å². The minimum Gasteiger partial charge on any atom is -0.454 e. The lowest BCUT2D eigenvalue weighted by atomic mass is 9.87. The smallest absolute Gasteiger partial charge is 0.276 e. The zero-order valence-corrected chi connectivity index (χ0v) is 10.1. The lowest BCUT2D eigenvalue weighted by molar-refractivity contribution is -0.224. The molecule has 2 atom stereocenters. The van der Waals surface area contributed by atoms with Crippen molar-refractivity contribution in [3.05, 3.63) is 65.0 Å². The molecule has 1 heterocycles. The van der Waals surface area contributed by atoms with Gasteiger partial charge in [0.2, 0.25) is 11.4 Å². The Hall–Kier alpha value is -2.24. The fourth-order valence-electron chi connectivity index (χ4n) is 2.99. The van der Waals surface area contributed by atoms with E-state index >= 15 is 0 Å². The molecule has 4 rings (SSSR count). The van der Waals surface area contributed by atoms with Crippen molar-refractivity contribution in [3.8, 4) is 5.75 Å². The van der Waals surface area contributed by atoms with Crippen LogP contribution in [0.1, 0.15) is 21.5 Å². The number of carbonyl (C=O) groups excluding carboxylic acids is 1. The second kappa shape index (κ2) is 3.26. The van der Waals surface area contributed by atoms with E-state index in [0.29, 0.717) is 0 Å². The Morgan fingerprint density at radius 1 is 1.05 bits per heavy atom. The van der Waals surface area contributed by atoms with Crippen LogP contribution in [-0.4, -0.2) is 16.0 Å². The van der Waals surface area contributed by atoms with Crippen molar-refractivity contribution in [1.82, 2.24) is 0 Å². The molecule has 0 fully saturated rings. The normalized spacial score (nSPS) is 29.6. The van der Waals surface area contributed by atoms with Crippen molar-refractivity contribution in [2.75, 3.05) is 0 Å². The number of halogens is 1. The number of ether oxygens (including phenoxy) is 1. The van der Waals surface area contributed by atoms with E-state index in [9.17, 15) is 19.4 Å². The van der Waals surface area contributed by atoms with Gasteiger partial charge in [0.15, 0.2) is 0 Å². The molecule has 2 N–H and O–H groups in total. The van der Waals surface area contributed by atoms with E-state index < -0.39 is 23.0 Å². The summed E-state index contributed by atoms with van der Waals surface area (Å²) < 4.78 is 18.8. The van der Waals surface area contributed by atoms with Crippen LogP contribution in [0, 0.1) is 5.82 Å². The van der Waals surface area contributed by atoms with Crippen molar-refractivity contribution in [2.45, 2.75) is 11.4 Å². The SMILES string of the molecule is O=C1c2ccccc2C2(O)Oc3ccc(F)cc3C12O. The Labute approximate surface area is 113 Å². The molecule has 0 saturated carbocycles. The first kappa shape index (κ1) is 11.6. The molecule has 2 aromatic carbocycles. The number of carbonyl (C=O) groups is 1. The number of hydrogen-bond acceptors (Lipinski definition) is 4. The molecule has 0 bridgehead atoms. The number of Topliss-reactive ketones (excluding diaryl/α,β-unsaturated/α-hetero) is 1. The summed E-state index contributed by atoms with van der Waals surface area (Å²) in [5.41, 5.74) is -2.01. The van der Waals surface area contributed by atoms with Crippen LogP contribution in [0.25, 0.3) is 0 Å². The third kappa shape index (κ3) is 1.03. The van der Waals surface area contributed by atoms with Gasteiger partial charge >= 0.3 is 0 Å². The molecule has 0 saturated heterocycles. The summed E-state index contributed by atoms with van der Waals surface area (Å²) in [4.78, 5) is 12.5. The summed E-state index contributed by atoms with van der Waals surface area (Å²) in [6.45, 7) is 0. The molecular formula is C15H9FO4. The van der Waals surface area contributed by atoms with Crippen molar-refractivity contribution >= 4 is 5.78 Å². The average Bonchev–Trinajstić information content (AvgIpc) is 2.77. The molecule has 20 heavy (non-hydrogen) atoms. The first-order valence-corrected chi connectivity index (χ1v) is 6.06. The van der Waals surface area contributed by atoms with Gasteiger partial charge in [-0.3, -0.25) is 4.79 Å². The number of fused-ring (bicyclic) bond motifs is 5. The summed E-state index contributed by atoms with van der Waals surface area (Å²) in [6, 6.07) is 9.69. The van der Waals surface area contributed by atoms with Gasteiger partial charge in [0.05, 0.1) is 0 Å². The van der Waals surface area contributed by atoms with E-state index in [2.05, 4.69) is 0 Å². The van der Waals surface area contributed by atoms with Gasteiger partial charge in [0, 0.05) is 16.7 Å². The maximum Gasteiger partial charge on any atom is 0.276 e. The molecule has 1 aliphatic carbocycles. The van der Waals surface area contributed by atoms with Gasteiger partial charge in [-0.15, -0.1) is 0 Å². The highest BCUT2D eigenvalue weighted by atomic mass is 19.1. The van der Waals surface area contributed by atoms with Gasteiger partial charge < -0.3 is 14.9 Å². The third-order valence-corrected chi connectivity index (χ3v) is 3.94. The molecule has 0 radical (unpaired) electrons. The van der Waals surface area contributed by atoms with Crippen molar-refractivity contribution in [2.24, 2.45) is 0 Å². The minimum atomic E-state index is -2.31. The molecule has 0 spiro atoms. The van der Waals surface area contributed by atoms with Gasteiger partial charge in [-0.1, -0.05) is 24.3 Å². The van der Waals surface area contributed by atoms with Crippen LogP contribution in [0.3, 0.4) is 0 Å². The summed E-state index contributed by atoms with van der Waals surface area (Å²) in [7, 11) is 0. The summed E-state index contributed by atoms with van der Waals surface area (Å²) in [5, 5.41) is 21.5. The maximum absolute atomic E-state index is 13.4. The lowest BCUT2D eigenvalue weighted by Crippen LogP contribution is -2.48. The number of rotatable bonds is 0. The van der Waals surface area contributed by atoms with Crippen molar-refractivity contribution < 1.29 is 24.1 Å². The minimum absolute atomic E-state index is 0.0544. The van der Waals surface area contributed by atoms with Crippen LogP contribution in [0.2, 0.25) is 0 Å². The topological polar surface area (TPSA) is 66.8 Å². The summed E-state index contributed by atoms with van der Waals surface area (Å²) in [6.07, 6.45) is 0. The molecule has 4 nitrogen and oxygen atoms in total. The van der Waals surface area contributed by atoms with Crippen LogP contribution in [0.4, 0.5) is 4.39 Å². The van der Waals surface area contributed by atoms with E-state index in [1.807, 2.05) is 0 Å². The molecule has 2 aliphatic rings. The predicted molar refractivity (Wildman–Crippen MR) is 65.6 cm³/mol. The van der Waals surface area contributed by atoms with Crippen LogP contribution in [0.5, 0.6) is 5.75 Å². The third-order valence-electron chi connectivity index (χ3n) is 3.94. The number of benzene rings is 2. The second-order valence-electron chi connectivity index (χ2n) is 4.97. The Bertz CT molecular complexity index is 772. The molecule has 2 unspecified atom stereocenters. The average molecular weight is 272 g/mol. The molecule has 100 valence electrons. The molecular weight excluding hydrogens is 263 g/mol. The molecule has 0 aromatic heterocycles. The summed E-state index contributed by atoms with van der Waals surface area (Å²) >= 11 is 0. The standard InChI is InChI=1S/C15H9FO4/c16-8-5-6-12-11(7-8)14(18)13(17)9-3-1-2-4-10(9)15(14,19)20-12/h1-7,18-19H. The second-order valence-corrected chi connectivity index (χ2v) is 4.97. The fraction of sp³-hybridized carbons (Fsp3) is 0.133. The first-order chi connectivity index (χ1) is 9.48. The monoisotopic (exact) mass is 272 g/mol. The maximum atomic E-state index is 13.4. The highest BCUT2D eigenvalue weighted by Crippen LogP contribution is 2.57. The zero-order valence-electron chi connectivity index (χ0n) is 10.1. The highest BCUT2D eigenvalue weighted by molar-refractivity contribution is 6.09. The number of aliphatic hydroxyl groups is 2. The van der Waals surface area contributed by atoms with Crippen LogP contribution in [0.15, 0.2) is 42.5 Å². The fourth-order valence-corrected chi connectivity index (χ4v) is 2.99. The number of ketones is 1. The van der Waals surface area contributed by atoms with Crippen LogP contribution < -0.4 is 4.74 Å². The largest absolute Gasteiger partial charge is 0.454 e. The lowest BCUT2D eigenvalue weighted by Gasteiger charge is -2.28. The van der Waals surface area contributed by atoms with Gasteiger partial charge in [-0.05, 0) is 18.2 Å². The van der Waals surface area contributed by atoms with Gasteiger partial charge in [-0.25, -0.2) is 4.39 Å². The van der Waals surface area contributed by atoms with E-state index in [4.69, 9.17) is 4.74 Å². The predicted octanol–water partition coefficient (Wildman–Crippen LogP) is 1.45. The van der Waals surface area contributed by atoms with Gasteiger partial charge in [-0.2, -0.15) is 0 Å². The van der Waals surface area contributed by atoms with Crippen molar-refractivity contribution in [3.63, 3.8) is 0 Å². The Kier molecular flexibility index (Phi) is 1.88. The molecule has 1 aliphatic heterocycles. The molecule has 0 amide bonds. The van der Waals surface area contributed by atoms with Crippen molar-refractivity contribution in [1.29, 1.82) is 0 Å². The quantitative estimate of drug-likeness (QED) is 0.761. The van der Waals surface area contributed by atoms with E-state index in [1.165, 1.54) is 18.2 Å². The van der Waals surface area contributed by atoms with E-state index in [0.717, 1.165) is 12.1 Å². The van der Waals surface area contributed by atoms with Crippen LogP contribution >= 0.6 is 0 Å². The molecule has 2 aromatic rings. The Morgan fingerprint density at radius 2 is 1.80 bits per heavy atom. The highest BCUT2D eigenvalue weighted by Gasteiger charge is 2.70. The number of hydrogen-bond donors (Lipinski definition) is 2. The zero-order chi connectivity index (χ0) is 14.1. The van der Waals surface area contributed by atoms with E-state index in [-0.39, 0.29) is 22.4 Å². The van der Waals surface area contributed by atoms with Crippen LogP contribution in [-0.2, 0) is 11.4 Å². The Morgan fingerprint density at radius 3 is 2.60 bits per heavy atom.